The van der Waals surface area contributed by atoms with Crippen LogP contribution < -0.4 is 11.1 Å². The molecule has 1 heterocycles. The monoisotopic (exact) mass is 247 g/mol. The number of hydrogen-bond acceptors (Lipinski definition) is 4. The summed E-state index contributed by atoms with van der Waals surface area (Å²) in [5, 5.41) is 2.68. The van der Waals surface area contributed by atoms with Crippen molar-refractivity contribution in [2.45, 2.75) is 19.4 Å². The molecule has 0 atom stereocenters. The fourth-order valence-corrected chi connectivity index (χ4v) is 1.09. The van der Waals surface area contributed by atoms with E-state index >= 15 is 0 Å². The zero-order valence-electron chi connectivity index (χ0n) is 10.8. The van der Waals surface area contributed by atoms with Crippen molar-refractivity contribution in [3.05, 3.63) is 23.9 Å². The summed E-state index contributed by atoms with van der Waals surface area (Å²) in [7, 11) is 1.48. The predicted octanol–water partition coefficient (Wildman–Crippen LogP) is 0.755. The maximum Gasteiger partial charge on any atom is 0.257 e. The number of nitrogens with two attached hydrogens (primary N) is 1. The van der Waals surface area contributed by atoms with E-state index in [1.165, 1.54) is 7.11 Å². The predicted molar refractivity (Wildman–Crippen MR) is 69.9 cm³/mol. The lowest BCUT2D eigenvalue weighted by Gasteiger charge is -2.21. The molecule has 0 aliphatic heterocycles. The summed E-state index contributed by atoms with van der Waals surface area (Å²) in [5.41, 5.74) is 5.14. The fourth-order valence-electron chi connectivity index (χ4n) is 1.09. The highest BCUT2D eigenvalue weighted by Gasteiger charge is 2.27. The summed E-state index contributed by atoms with van der Waals surface area (Å²) in [6, 6.07) is 3.44. The first-order chi connectivity index (χ1) is 8.49. The number of ether oxygens (including phenoxy) is 1. The highest BCUT2D eigenvalue weighted by molar-refractivity contribution is 5.96. The van der Waals surface area contributed by atoms with Gasteiger partial charge in [-0.2, -0.15) is 0 Å². The molecule has 0 radical (unpaired) electrons. The third-order valence-corrected chi connectivity index (χ3v) is 2.39. The Morgan fingerprint density at radius 2 is 2.33 bits per heavy atom. The molecule has 96 valence electrons. The molecule has 1 aromatic heterocycles. The van der Waals surface area contributed by atoms with E-state index in [1.54, 1.807) is 32.2 Å². The molecule has 0 aromatic carbocycles. The van der Waals surface area contributed by atoms with E-state index in [9.17, 15) is 4.79 Å². The van der Waals surface area contributed by atoms with Crippen molar-refractivity contribution in [2.24, 2.45) is 5.73 Å². The van der Waals surface area contributed by atoms with Crippen molar-refractivity contribution in [3.8, 4) is 11.8 Å². The lowest BCUT2D eigenvalue weighted by atomic mass is 10.1. The Labute approximate surface area is 107 Å². The zero-order chi connectivity index (χ0) is 13.6. The highest BCUT2D eigenvalue weighted by Crippen LogP contribution is 2.12. The number of carbonyl (C=O) groups excluding carboxylic acids is 1. The fraction of sp³-hybridized carbons (Fsp3) is 0.385. The van der Waals surface area contributed by atoms with Crippen LogP contribution in [0, 0.1) is 11.8 Å². The molecule has 0 aliphatic rings. The molecule has 0 saturated heterocycles. The van der Waals surface area contributed by atoms with Crippen LogP contribution in [0.15, 0.2) is 18.3 Å². The molecule has 0 spiro atoms. The van der Waals surface area contributed by atoms with Gasteiger partial charge in [0, 0.05) is 18.9 Å². The second-order valence-corrected chi connectivity index (χ2v) is 4.10. The summed E-state index contributed by atoms with van der Waals surface area (Å²) in [6.07, 6.45) is 1.58. The van der Waals surface area contributed by atoms with E-state index in [-0.39, 0.29) is 5.91 Å². The second-order valence-electron chi connectivity index (χ2n) is 4.10. The summed E-state index contributed by atoms with van der Waals surface area (Å²) >= 11 is 0. The number of rotatable bonds is 3. The molecule has 3 N–H and O–H groups in total. The van der Waals surface area contributed by atoms with Crippen LogP contribution in [0.4, 0.5) is 5.82 Å². The van der Waals surface area contributed by atoms with Crippen LogP contribution in [-0.4, -0.2) is 30.1 Å². The smallest absolute Gasteiger partial charge is 0.257 e. The van der Waals surface area contributed by atoms with Crippen LogP contribution in [0.2, 0.25) is 0 Å². The first kappa shape index (κ1) is 14.2. The maximum atomic E-state index is 11.9. The Kier molecular flexibility index (Phi) is 4.84. The number of anilines is 1. The minimum absolute atomic E-state index is 0.263. The van der Waals surface area contributed by atoms with Crippen molar-refractivity contribution >= 4 is 11.7 Å². The standard InChI is InChI=1S/C13H17N3O2/c1-13(2,18-3)12(17)16-11-9-10(5-4-7-14)6-8-15-11/h6,8-9H,7,14H2,1-3H3,(H,15,16,17). The summed E-state index contributed by atoms with van der Waals surface area (Å²) in [4.78, 5) is 15.9. The number of carbonyl (C=O) groups is 1. The number of nitrogens with one attached hydrogen (secondary N) is 1. The molecule has 1 rings (SSSR count). The lowest BCUT2D eigenvalue weighted by Crippen LogP contribution is -2.39. The van der Waals surface area contributed by atoms with E-state index in [0.29, 0.717) is 12.4 Å². The number of nitrogens with zero attached hydrogens (tertiary/aromatic N) is 1. The summed E-state index contributed by atoms with van der Waals surface area (Å²) in [5.74, 6) is 5.79. The Morgan fingerprint density at radius 3 is 2.94 bits per heavy atom. The van der Waals surface area contributed by atoms with Gasteiger partial charge in [-0.25, -0.2) is 4.98 Å². The Balaban J connectivity index is 2.83. The Hall–Kier alpha value is -1.90. The quantitative estimate of drug-likeness (QED) is 0.773. The zero-order valence-corrected chi connectivity index (χ0v) is 10.8. The van der Waals surface area contributed by atoms with Gasteiger partial charge in [0.15, 0.2) is 0 Å². The van der Waals surface area contributed by atoms with Gasteiger partial charge in [-0.15, -0.1) is 0 Å². The van der Waals surface area contributed by atoms with Gasteiger partial charge in [0.05, 0.1) is 6.54 Å². The van der Waals surface area contributed by atoms with Crippen molar-refractivity contribution in [1.29, 1.82) is 0 Å². The average Bonchev–Trinajstić information content (AvgIpc) is 2.36. The molecule has 0 saturated carbocycles. The van der Waals surface area contributed by atoms with Gasteiger partial charge < -0.3 is 15.8 Å². The molecule has 18 heavy (non-hydrogen) atoms. The number of hydrogen-bond donors (Lipinski definition) is 2. The molecule has 5 heteroatoms. The largest absolute Gasteiger partial charge is 0.369 e. The minimum Gasteiger partial charge on any atom is -0.369 e. The van der Waals surface area contributed by atoms with Crippen LogP contribution in [0.5, 0.6) is 0 Å². The molecule has 0 unspecified atom stereocenters. The summed E-state index contributed by atoms with van der Waals surface area (Å²) < 4.78 is 5.08. The molecule has 1 aromatic rings. The van der Waals surface area contributed by atoms with Crippen molar-refractivity contribution in [2.75, 3.05) is 19.0 Å². The highest BCUT2D eigenvalue weighted by atomic mass is 16.5. The second kappa shape index (κ2) is 6.15. The van der Waals surface area contributed by atoms with Crippen LogP contribution in [0.3, 0.4) is 0 Å². The topological polar surface area (TPSA) is 77.2 Å². The first-order valence-corrected chi connectivity index (χ1v) is 5.51. The average molecular weight is 247 g/mol. The van der Waals surface area contributed by atoms with Crippen molar-refractivity contribution in [1.82, 2.24) is 4.98 Å². The summed E-state index contributed by atoms with van der Waals surface area (Å²) in [6.45, 7) is 3.65. The molecule has 0 bridgehead atoms. The first-order valence-electron chi connectivity index (χ1n) is 5.51. The van der Waals surface area contributed by atoms with Gasteiger partial charge in [0.1, 0.15) is 11.4 Å². The molecule has 5 nitrogen and oxygen atoms in total. The number of aromatic nitrogens is 1. The molecule has 0 fully saturated rings. The Morgan fingerprint density at radius 1 is 1.61 bits per heavy atom. The van der Waals surface area contributed by atoms with Gasteiger partial charge in [-0.3, -0.25) is 4.79 Å². The van der Waals surface area contributed by atoms with E-state index in [1.807, 2.05) is 0 Å². The normalized spacial score (nSPS) is 10.4. The van der Waals surface area contributed by atoms with Crippen LogP contribution >= 0.6 is 0 Å². The minimum atomic E-state index is -0.902. The van der Waals surface area contributed by atoms with Crippen LogP contribution in [0.25, 0.3) is 0 Å². The molecular formula is C13H17N3O2. The van der Waals surface area contributed by atoms with E-state index in [0.717, 1.165) is 5.56 Å². The van der Waals surface area contributed by atoms with Crippen LogP contribution in [-0.2, 0) is 9.53 Å². The van der Waals surface area contributed by atoms with E-state index < -0.39 is 5.60 Å². The third kappa shape index (κ3) is 3.84. The van der Waals surface area contributed by atoms with Crippen molar-refractivity contribution in [3.63, 3.8) is 0 Å². The number of amides is 1. The van der Waals surface area contributed by atoms with Gasteiger partial charge in [-0.1, -0.05) is 11.8 Å². The molecule has 0 aliphatic carbocycles. The lowest BCUT2D eigenvalue weighted by molar-refractivity contribution is -0.133. The van der Waals surface area contributed by atoms with Crippen LogP contribution in [0.1, 0.15) is 19.4 Å². The number of methoxy groups -OCH3 is 1. The van der Waals surface area contributed by atoms with Crippen molar-refractivity contribution < 1.29 is 9.53 Å². The molecular weight excluding hydrogens is 230 g/mol. The van der Waals surface area contributed by atoms with Gasteiger partial charge in [-0.05, 0) is 26.0 Å². The van der Waals surface area contributed by atoms with Gasteiger partial charge in [0.2, 0.25) is 0 Å². The molecule has 1 amide bonds. The van der Waals surface area contributed by atoms with E-state index in [4.69, 9.17) is 10.5 Å². The van der Waals surface area contributed by atoms with E-state index in [2.05, 4.69) is 22.1 Å². The third-order valence-electron chi connectivity index (χ3n) is 2.39. The number of pyridine rings is 1. The van der Waals surface area contributed by atoms with Gasteiger partial charge >= 0.3 is 0 Å². The maximum absolute atomic E-state index is 11.9. The Bertz CT molecular complexity index is 486. The van der Waals surface area contributed by atoms with Gasteiger partial charge in [0.25, 0.3) is 5.91 Å². The SMILES string of the molecule is COC(C)(C)C(=O)Nc1cc(C#CCN)ccn1.